The molecule has 28 heavy (non-hydrogen) atoms. The number of nitrogens with zero attached hydrogens (tertiary/aromatic N) is 3. The second-order valence-electron chi connectivity index (χ2n) is 6.70. The van der Waals surface area contributed by atoms with Gasteiger partial charge in [-0.25, -0.2) is 9.67 Å². The van der Waals surface area contributed by atoms with E-state index in [2.05, 4.69) is 10.4 Å². The molecule has 0 bridgehead atoms. The smallest absolute Gasteiger partial charge is 0.252 e. The number of hydrogen-bond acceptors (Lipinski definition) is 5. The molecular formula is C19H27Cl2N5O2. The zero-order valence-corrected chi connectivity index (χ0v) is 18.1. The fourth-order valence-corrected chi connectivity index (χ4v) is 3.01. The van der Waals surface area contributed by atoms with Gasteiger partial charge in [-0.2, -0.15) is 5.10 Å². The average Bonchev–Trinajstić information content (AvgIpc) is 3.16. The normalized spacial score (nSPS) is 10.6. The van der Waals surface area contributed by atoms with E-state index in [1.807, 2.05) is 44.5 Å². The van der Waals surface area contributed by atoms with Gasteiger partial charge < -0.3 is 15.5 Å². The lowest BCUT2D eigenvalue weighted by Crippen LogP contribution is -2.26. The van der Waals surface area contributed by atoms with Gasteiger partial charge in [0.15, 0.2) is 5.65 Å². The van der Waals surface area contributed by atoms with E-state index >= 15 is 0 Å². The van der Waals surface area contributed by atoms with E-state index in [9.17, 15) is 4.79 Å². The lowest BCUT2D eigenvalue weighted by Gasteiger charge is -2.10. The number of pyridine rings is 1. The number of fused-ring (bicyclic) bond motifs is 1. The molecule has 3 N–H and O–H groups in total. The molecule has 0 aliphatic heterocycles. The number of nitrogens with one attached hydrogen (secondary N) is 1. The van der Waals surface area contributed by atoms with Crippen LogP contribution < -0.4 is 11.1 Å². The van der Waals surface area contributed by atoms with Crippen molar-refractivity contribution in [1.82, 2.24) is 20.1 Å². The highest BCUT2D eigenvalue weighted by molar-refractivity contribution is 6.06. The van der Waals surface area contributed by atoms with Crippen molar-refractivity contribution < 1.29 is 9.21 Å². The third-order valence-corrected chi connectivity index (χ3v) is 4.28. The van der Waals surface area contributed by atoms with Gasteiger partial charge in [0.05, 0.1) is 22.8 Å². The summed E-state index contributed by atoms with van der Waals surface area (Å²) in [7, 11) is 0. The van der Waals surface area contributed by atoms with Gasteiger partial charge in [-0.3, -0.25) is 4.79 Å². The first-order valence-corrected chi connectivity index (χ1v) is 8.86. The lowest BCUT2D eigenvalue weighted by atomic mass is 10.1. The van der Waals surface area contributed by atoms with Crippen LogP contribution in [0.3, 0.4) is 0 Å². The summed E-state index contributed by atoms with van der Waals surface area (Å²) < 4.78 is 7.47. The maximum absolute atomic E-state index is 12.7. The molecule has 9 heteroatoms. The summed E-state index contributed by atoms with van der Waals surface area (Å²) in [5.41, 5.74) is 8.36. The monoisotopic (exact) mass is 427 g/mol. The van der Waals surface area contributed by atoms with Crippen molar-refractivity contribution in [1.29, 1.82) is 0 Å². The van der Waals surface area contributed by atoms with Crippen molar-refractivity contribution in [2.75, 3.05) is 13.1 Å². The number of rotatable bonds is 6. The number of nitrogens with two attached hydrogens (primary N) is 1. The summed E-state index contributed by atoms with van der Waals surface area (Å²) in [6.07, 6.45) is 2.44. The van der Waals surface area contributed by atoms with E-state index in [0.29, 0.717) is 30.0 Å². The molecule has 0 aromatic carbocycles. The summed E-state index contributed by atoms with van der Waals surface area (Å²) in [4.78, 5) is 17.5. The predicted molar refractivity (Wildman–Crippen MR) is 116 cm³/mol. The number of hydrogen-bond donors (Lipinski definition) is 2. The Balaban J connectivity index is 0.00000196. The van der Waals surface area contributed by atoms with Crippen LogP contribution in [0.15, 0.2) is 22.7 Å². The van der Waals surface area contributed by atoms with E-state index < -0.39 is 0 Å². The molecule has 0 aliphatic rings. The maximum atomic E-state index is 12.7. The van der Waals surface area contributed by atoms with Crippen LogP contribution in [0, 0.1) is 13.8 Å². The molecule has 1 amide bonds. The van der Waals surface area contributed by atoms with Gasteiger partial charge in [0.1, 0.15) is 11.5 Å². The quantitative estimate of drug-likeness (QED) is 0.582. The lowest BCUT2D eigenvalue weighted by molar-refractivity contribution is 0.0955. The molecular weight excluding hydrogens is 401 g/mol. The van der Waals surface area contributed by atoms with Crippen molar-refractivity contribution in [2.24, 2.45) is 5.73 Å². The summed E-state index contributed by atoms with van der Waals surface area (Å²) in [5.74, 6) is 1.44. The van der Waals surface area contributed by atoms with E-state index in [1.54, 1.807) is 6.20 Å². The van der Waals surface area contributed by atoms with Gasteiger partial charge >= 0.3 is 0 Å². The summed E-state index contributed by atoms with van der Waals surface area (Å²) in [5, 5.41) is 8.09. The second kappa shape index (κ2) is 9.91. The maximum Gasteiger partial charge on any atom is 0.252 e. The van der Waals surface area contributed by atoms with Crippen molar-refractivity contribution in [2.45, 2.75) is 40.2 Å². The predicted octanol–water partition coefficient (Wildman–Crippen LogP) is 3.81. The Labute approximate surface area is 176 Å². The molecule has 0 atom stereocenters. The molecule has 3 heterocycles. The van der Waals surface area contributed by atoms with Crippen molar-refractivity contribution in [3.8, 4) is 11.3 Å². The first kappa shape index (κ1) is 23.9. The standard InChI is InChI=1S/C19H25N5O2.2ClH/c1-11(2)24-18-16(10-22-24)15(19(25)21-7-5-6-20)9-17(23-18)14-8-12(3)26-13(14)4;;/h8-11H,5-7,20H2,1-4H3,(H,21,25);2*1H. The van der Waals surface area contributed by atoms with Crippen LogP contribution in [0.25, 0.3) is 22.3 Å². The topological polar surface area (TPSA) is 99.0 Å². The highest BCUT2D eigenvalue weighted by Gasteiger charge is 2.20. The number of amides is 1. The van der Waals surface area contributed by atoms with E-state index in [-0.39, 0.29) is 36.8 Å². The van der Waals surface area contributed by atoms with Crippen molar-refractivity contribution >= 4 is 41.8 Å². The van der Waals surface area contributed by atoms with Crippen LogP contribution in [0.1, 0.15) is 48.2 Å². The Morgan fingerprint density at radius 2 is 2.00 bits per heavy atom. The third kappa shape index (κ3) is 4.66. The molecule has 7 nitrogen and oxygen atoms in total. The first-order chi connectivity index (χ1) is 12.4. The zero-order valence-electron chi connectivity index (χ0n) is 16.5. The number of aromatic nitrogens is 3. The molecule has 0 spiro atoms. The summed E-state index contributed by atoms with van der Waals surface area (Å²) >= 11 is 0. The molecule has 3 rings (SSSR count). The highest BCUT2D eigenvalue weighted by Crippen LogP contribution is 2.29. The van der Waals surface area contributed by atoms with Gasteiger partial charge in [-0.15, -0.1) is 24.8 Å². The number of furan rings is 1. The van der Waals surface area contributed by atoms with Crippen LogP contribution in [0.4, 0.5) is 0 Å². The Kier molecular flexibility index (Phi) is 8.48. The number of aryl methyl sites for hydroxylation is 2. The minimum atomic E-state index is -0.145. The SMILES string of the molecule is Cc1cc(-c2cc(C(=O)NCCCN)c3cnn(C(C)C)c3n2)c(C)o1.Cl.Cl. The van der Waals surface area contributed by atoms with Gasteiger partial charge in [-0.05, 0) is 52.8 Å². The fraction of sp³-hybridized carbons (Fsp3) is 0.421. The number of halogens is 2. The van der Waals surface area contributed by atoms with Crippen molar-refractivity contribution in [3.05, 3.63) is 35.4 Å². The summed E-state index contributed by atoms with van der Waals surface area (Å²) in [6, 6.07) is 3.88. The third-order valence-electron chi connectivity index (χ3n) is 4.28. The molecule has 0 fully saturated rings. The van der Waals surface area contributed by atoms with E-state index in [1.165, 1.54) is 0 Å². The molecule has 0 unspecified atom stereocenters. The van der Waals surface area contributed by atoms with Crippen LogP contribution in [-0.2, 0) is 0 Å². The molecule has 154 valence electrons. The fourth-order valence-electron chi connectivity index (χ4n) is 3.01. The molecule has 0 aliphatic carbocycles. The van der Waals surface area contributed by atoms with Crippen LogP contribution >= 0.6 is 24.8 Å². The second-order valence-corrected chi connectivity index (χ2v) is 6.70. The largest absolute Gasteiger partial charge is 0.466 e. The number of carbonyl (C=O) groups is 1. The Morgan fingerprint density at radius 1 is 1.29 bits per heavy atom. The zero-order chi connectivity index (χ0) is 18.8. The molecule has 3 aromatic heterocycles. The van der Waals surface area contributed by atoms with Crippen molar-refractivity contribution in [3.63, 3.8) is 0 Å². The Morgan fingerprint density at radius 3 is 2.57 bits per heavy atom. The van der Waals surface area contributed by atoms with E-state index in [4.69, 9.17) is 15.1 Å². The van der Waals surface area contributed by atoms with Gasteiger partial charge in [0.2, 0.25) is 0 Å². The van der Waals surface area contributed by atoms with Crippen LogP contribution in [-0.4, -0.2) is 33.8 Å². The Hall–Kier alpha value is -2.09. The molecule has 3 aromatic rings. The Bertz CT molecular complexity index is 949. The van der Waals surface area contributed by atoms with Gasteiger partial charge in [0.25, 0.3) is 5.91 Å². The van der Waals surface area contributed by atoms with Gasteiger partial charge in [-0.1, -0.05) is 0 Å². The molecule has 0 saturated carbocycles. The van der Waals surface area contributed by atoms with Crippen LogP contribution in [0.5, 0.6) is 0 Å². The molecule has 0 saturated heterocycles. The summed E-state index contributed by atoms with van der Waals surface area (Å²) in [6.45, 7) is 8.94. The van der Waals surface area contributed by atoms with Crippen LogP contribution in [0.2, 0.25) is 0 Å². The average molecular weight is 428 g/mol. The highest BCUT2D eigenvalue weighted by atomic mass is 35.5. The minimum absolute atomic E-state index is 0. The molecule has 0 radical (unpaired) electrons. The minimum Gasteiger partial charge on any atom is -0.466 e. The van der Waals surface area contributed by atoms with Gasteiger partial charge in [0, 0.05) is 18.2 Å². The first-order valence-electron chi connectivity index (χ1n) is 8.86. The van der Waals surface area contributed by atoms with E-state index in [0.717, 1.165) is 28.9 Å². The number of carbonyl (C=O) groups excluding carboxylic acids is 1.